The molecule has 6 fully saturated rings. The van der Waals surface area contributed by atoms with Crippen LogP contribution in [0.5, 0.6) is 0 Å². The molecule has 6 atom stereocenters. The topological polar surface area (TPSA) is 92.5 Å². The molecule has 3 N–H and O–H groups in total. The minimum atomic E-state index is -0.480. The normalized spacial score (nSPS) is 47.4. The van der Waals surface area contributed by atoms with Crippen LogP contribution in [-0.2, 0) is 14.4 Å². The predicted octanol–water partition coefficient (Wildman–Crippen LogP) is 0.835. The molecule has 1 aliphatic heterocycles. The van der Waals surface area contributed by atoms with Gasteiger partial charge in [0.25, 0.3) is 7.41 Å². The lowest BCUT2D eigenvalue weighted by atomic mass is 9.43. The number of hydrogen-bond acceptors (Lipinski definition) is 4. The monoisotopic (exact) mass is 370 g/mol. The van der Waals surface area contributed by atoms with Gasteiger partial charge in [-0.2, -0.15) is 0 Å². The van der Waals surface area contributed by atoms with Gasteiger partial charge in [-0.15, -0.1) is 0 Å². The molecule has 27 heavy (non-hydrogen) atoms. The van der Waals surface area contributed by atoms with Crippen LogP contribution in [0.25, 0.3) is 0 Å². The van der Waals surface area contributed by atoms with Crippen molar-refractivity contribution >= 4 is 25.4 Å². The first-order valence-corrected chi connectivity index (χ1v) is 10.5. The van der Waals surface area contributed by atoms with Gasteiger partial charge in [-0.05, 0) is 80.0 Å². The Morgan fingerprint density at radius 2 is 1.89 bits per heavy atom. The summed E-state index contributed by atoms with van der Waals surface area (Å²) in [5.41, 5.74) is 5.82. The molecule has 0 aromatic carbocycles. The lowest BCUT2D eigenvalue weighted by Crippen LogP contribution is -2.65. The highest BCUT2D eigenvalue weighted by molar-refractivity contribution is 6.64. The molecule has 1 saturated heterocycles. The zero-order valence-electron chi connectivity index (χ0n) is 16.0. The molecule has 5 saturated carbocycles. The number of rotatable bonds is 6. The Kier molecular flexibility index (Phi) is 3.82. The van der Waals surface area contributed by atoms with Crippen molar-refractivity contribution in [2.75, 3.05) is 0 Å². The molecule has 145 valence electrons. The van der Waals surface area contributed by atoms with Gasteiger partial charge in [0.15, 0.2) is 0 Å². The highest BCUT2D eigenvalue weighted by Gasteiger charge is 2.62. The first-order chi connectivity index (χ1) is 12.8. The molecular formula is C20H29BN3O3. The van der Waals surface area contributed by atoms with Crippen LogP contribution in [0, 0.1) is 28.6 Å². The summed E-state index contributed by atoms with van der Waals surface area (Å²) in [6.07, 6.45) is 9.36. The Morgan fingerprint density at radius 3 is 2.48 bits per heavy atom. The fourth-order valence-electron chi connectivity index (χ4n) is 7.96. The van der Waals surface area contributed by atoms with Crippen molar-refractivity contribution in [3.63, 3.8) is 0 Å². The van der Waals surface area contributed by atoms with Crippen LogP contribution in [0.3, 0.4) is 0 Å². The maximum absolute atomic E-state index is 13.7. The van der Waals surface area contributed by atoms with Crippen molar-refractivity contribution in [2.45, 2.75) is 76.4 Å². The average Bonchev–Trinajstić information content (AvgIpc) is 3.22. The van der Waals surface area contributed by atoms with E-state index in [4.69, 9.17) is 5.73 Å². The molecule has 1 radical (unpaired) electrons. The first kappa shape index (κ1) is 17.7. The SMILES string of the molecule is CC12CC3CC(C1)CC([C@H](N[B]C=O)C(=O)N1C4C[C@H]4C[C@H]1C(N)=O)(C3)C2. The van der Waals surface area contributed by atoms with Gasteiger partial charge < -0.3 is 20.7 Å². The zero-order valence-corrected chi connectivity index (χ0v) is 16.0. The van der Waals surface area contributed by atoms with Gasteiger partial charge in [-0.1, -0.05) is 6.92 Å². The molecule has 7 heteroatoms. The molecule has 3 unspecified atom stereocenters. The molecule has 6 rings (SSSR count). The first-order valence-electron chi connectivity index (χ1n) is 10.5. The van der Waals surface area contributed by atoms with Crippen molar-refractivity contribution in [2.24, 2.45) is 34.3 Å². The van der Waals surface area contributed by atoms with E-state index in [-0.39, 0.29) is 17.4 Å². The fraction of sp³-hybridized carbons (Fsp3) is 0.850. The van der Waals surface area contributed by atoms with Crippen molar-refractivity contribution < 1.29 is 14.4 Å². The minimum Gasteiger partial charge on any atom is -0.368 e. The second-order valence-corrected chi connectivity index (χ2v) is 10.5. The number of nitrogens with one attached hydrogen (secondary N) is 1. The van der Waals surface area contributed by atoms with E-state index in [1.807, 2.05) is 0 Å². The summed E-state index contributed by atoms with van der Waals surface area (Å²) in [6.45, 7) is 2.38. The van der Waals surface area contributed by atoms with E-state index in [1.165, 1.54) is 26.7 Å². The highest BCUT2D eigenvalue weighted by Crippen LogP contribution is 2.66. The predicted molar refractivity (Wildman–Crippen MR) is 101 cm³/mol. The van der Waals surface area contributed by atoms with Crippen LogP contribution >= 0.6 is 0 Å². The van der Waals surface area contributed by atoms with Gasteiger partial charge >= 0.3 is 0 Å². The third-order valence-corrected chi connectivity index (χ3v) is 8.28. The number of carbonyl (C=O) groups is 3. The summed E-state index contributed by atoms with van der Waals surface area (Å²) in [4.78, 5) is 38.6. The lowest BCUT2D eigenvalue weighted by Gasteiger charge is -2.63. The molecular weight excluding hydrogens is 341 g/mol. The standard InChI is InChI=1S/C20H29BN3O3/c1-19-5-11-2-12(6-19)8-20(7-11,9-19)16(23-21-10-25)18(27)24-14-3-13(14)4-15(24)17(22)26/h10-16,23H,2-9H2,1H3,(H2,22,26)/t11?,12?,13-,14?,15-,16+,19?,20?/m0/s1. The number of nitrogens with zero attached hydrogens (tertiary/aromatic N) is 1. The molecule has 1 heterocycles. The van der Waals surface area contributed by atoms with Crippen molar-refractivity contribution in [3.05, 3.63) is 0 Å². The van der Waals surface area contributed by atoms with Crippen LogP contribution in [0.4, 0.5) is 0 Å². The van der Waals surface area contributed by atoms with E-state index in [0.717, 1.165) is 31.9 Å². The summed E-state index contributed by atoms with van der Waals surface area (Å²) in [6, 6.07) is -0.736. The largest absolute Gasteiger partial charge is 0.368 e. The van der Waals surface area contributed by atoms with Gasteiger partial charge in [0.05, 0.1) is 12.2 Å². The van der Waals surface area contributed by atoms with Crippen LogP contribution in [0.15, 0.2) is 0 Å². The summed E-state index contributed by atoms with van der Waals surface area (Å²) in [5, 5.41) is 3.18. The van der Waals surface area contributed by atoms with Gasteiger partial charge in [-0.3, -0.25) is 9.59 Å². The summed E-state index contributed by atoms with van der Waals surface area (Å²) in [5.74, 6) is 1.39. The molecule has 0 aromatic heterocycles. The molecule has 0 aromatic rings. The van der Waals surface area contributed by atoms with E-state index in [1.54, 1.807) is 4.90 Å². The Balaban J connectivity index is 1.47. The van der Waals surface area contributed by atoms with E-state index in [2.05, 4.69) is 12.2 Å². The molecule has 4 bridgehead atoms. The second kappa shape index (κ2) is 5.82. The van der Waals surface area contributed by atoms with Crippen LogP contribution < -0.4 is 11.0 Å². The third kappa shape index (κ3) is 2.68. The number of fused-ring (bicyclic) bond motifs is 1. The van der Waals surface area contributed by atoms with E-state index in [0.29, 0.717) is 29.6 Å². The van der Waals surface area contributed by atoms with Crippen molar-refractivity contribution in [3.8, 4) is 0 Å². The molecule has 2 amide bonds. The van der Waals surface area contributed by atoms with E-state index in [9.17, 15) is 14.4 Å². The van der Waals surface area contributed by atoms with E-state index < -0.39 is 18.0 Å². The Labute approximate surface area is 161 Å². The highest BCUT2D eigenvalue weighted by atomic mass is 16.2. The maximum atomic E-state index is 13.7. The maximum Gasteiger partial charge on any atom is 0.291 e. The Bertz CT molecular complexity index is 684. The van der Waals surface area contributed by atoms with E-state index >= 15 is 0 Å². The minimum absolute atomic E-state index is 0.00699. The number of nitrogens with two attached hydrogens (primary N) is 1. The molecule has 6 aliphatic rings. The van der Waals surface area contributed by atoms with Crippen LogP contribution in [-0.4, -0.2) is 48.4 Å². The third-order valence-electron chi connectivity index (χ3n) is 8.28. The number of amides is 2. The Morgan fingerprint density at radius 1 is 1.19 bits per heavy atom. The van der Waals surface area contributed by atoms with Crippen LogP contribution in [0.2, 0.25) is 0 Å². The summed E-state index contributed by atoms with van der Waals surface area (Å²) < 4.78 is 0. The van der Waals surface area contributed by atoms with Gasteiger partial charge in [-0.25, -0.2) is 0 Å². The van der Waals surface area contributed by atoms with Gasteiger partial charge in [0.1, 0.15) is 6.04 Å². The fourth-order valence-corrected chi connectivity index (χ4v) is 7.96. The van der Waals surface area contributed by atoms with Crippen LogP contribution in [0.1, 0.15) is 58.3 Å². The average molecular weight is 370 g/mol. The zero-order chi connectivity index (χ0) is 19.0. The summed E-state index contributed by atoms with van der Waals surface area (Å²) >= 11 is 0. The number of carbonyl (C=O) groups excluding carboxylic acids is 3. The number of piperidine rings is 1. The molecule has 6 nitrogen and oxygen atoms in total. The summed E-state index contributed by atoms with van der Waals surface area (Å²) in [7, 11) is 1.38. The molecule has 0 spiro atoms. The quantitative estimate of drug-likeness (QED) is 0.535. The van der Waals surface area contributed by atoms with Crippen molar-refractivity contribution in [1.29, 1.82) is 0 Å². The van der Waals surface area contributed by atoms with Crippen molar-refractivity contribution in [1.82, 2.24) is 10.1 Å². The van der Waals surface area contributed by atoms with Gasteiger partial charge in [0.2, 0.25) is 11.8 Å². The number of primary amides is 1. The molecule has 5 aliphatic carbocycles. The smallest absolute Gasteiger partial charge is 0.291 e. The number of likely N-dealkylation sites (tertiary alicyclic amines) is 1. The second-order valence-electron chi connectivity index (χ2n) is 10.5. The number of hydrogen-bond donors (Lipinski definition) is 2. The Hall–Kier alpha value is -1.37. The van der Waals surface area contributed by atoms with Gasteiger partial charge in [0, 0.05) is 6.04 Å². The lowest BCUT2D eigenvalue weighted by molar-refractivity contribution is -0.155.